The number of ether oxygens (including phenoxy) is 14. The summed E-state index contributed by atoms with van der Waals surface area (Å²) in [6, 6.07) is 29.2. The lowest BCUT2D eigenvalue weighted by atomic mass is 9.98. The number of carbonyl (C=O) groups is 10. The second-order valence-corrected chi connectivity index (χ2v) is 23.8. The van der Waals surface area contributed by atoms with Crippen LogP contribution in [0.25, 0.3) is 22.3 Å². The van der Waals surface area contributed by atoms with Gasteiger partial charge in [-0.1, -0.05) is 125 Å². The Morgan fingerprint density at radius 3 is 1.10 bits per heavy atom. The van der Waals surface area contributed by atoms with Gasteiger partial charge < -0.3 is 87.2 Å². The third-order valence-corrected chi connectivity index (χ3v) is 16.8. The Hall–Kier alpha value is -8.74. The van der Waals surface area contributed by atoms with Gasteiger partial charge in [0.1, 0.15) is 88.3 Å². The zero-order chi connectivity index (χ0) is 72.4. The summed E-state index contributed by atoms with van der Waals surface area (Å²) in [5, 5.41) is 26.7. The fourth-order valence-corrected chi connectivity index (χ4v) is 11.5. The van der Waals surface area contributed by atoms with E-state index in [2.05, 4.69) is 10.6 Å². The molecule has 2 aliphatic carbocycles. The van der Waals surface area contributed by atoms with Crippen LogP contribution in [0.3, 0.4) is 0 Å². The Morgan fingerprint density at radius 1 is 0.420 bits per heavy atom. The van der Waals surface area contributed by atoms with Crippen LogP contribution in [0.1, 0.15) is 127 Å². The van der Waals surface area contributed by atoms with Gasteiger partial charge in [0.2, 0.25) is 0 Å². The molecule has 4 unspecified atom stereocenters. The van der Waals surface area contributed by atoms with Gasteiger partial charge in [-0.3, -0.25) is 38.4 Å². The van der Waals surface area contributed by atoms with Crippen LogP contribution in [0.5, 0.6) is 0 Å². The van der Waals surface area contributed by atoms with Crippen LogP contribution in [0.4, 0.5) is 9.59 Å². The zero-order valence-corrected chi connectivity index (χ0v) is 57.3. The van der Waals surface area contributed by atoms with Crippen molar-refractivity contribution in [2.24, 2.45) is 0 Å². The molecule has 2 heterocycles. The van der Waals surface area contributed by atoms with Gasteiger partial charge in [0.25, 0.3) is 0 Å². The van der Waals surface area contributed by atoms with E-state index in [-0.39, 0.29) is 57.3 Å². The number of aliphatic hydroxyl groups excluding tert-OH is 2. The minimum atomic E-state index is -1.56. The number of ketones is 2. The normalized spacial score (nSPS) is 21.7. The number of fused-ring (bicyclic) bond motifs is 6. The summed E-state index contributed by atoms with van der Waals surface area (Å²) in [6.07, 6.45) is -12.9. The van der Waals surface area contributed by atoms with E-state index in [1.54, 1.807) is 13.8 Å². The summed E-state index contributed by atoms with van der Waals surface area (Å²) < 4.78 is 76.2. The van der Waals surface area contributed by atoms with Crippen molar-refractivity contribution in [1.82, 2.24) is 10.6 Å². The Labute approximate surface area is 579 Å². The van der Waals surface area contributed by atoms with Crippen LogP contribution >= 0.6 is 0 Å². The van der Waals surface area contributed by atoms with Crippen LogP contribution in [0.2, 0.25) is 0 Å². The van der Waals surface area contributed by atoms with Gasteiger partial charge in [-0.05, 0) is 71.2 Å². The second-order valence-electron chi connectivity index (χ2n) is 23.8. The van der Waals surface area contributed by atoms with E-state index >= 15 is 0 Å². The minimum Gasteiger partial charge on any atom is -0.463 e. The summed E-state index contributed by atoms with van der Waals surface area (Å²) in [4.78, 5) is 123. The molecule has 28 heteroatoms. The van der Waals surface area contributed by atoms with Crippen molar-refractivity contribution >= 4 is 59.6 Å². The molecular formula is C72H90N2O26. The van der Waals surface area contributed by atoms with Crippen molar-refractivity contribution < 1.29 is 124 Å². The third-order valence-electron chi connectivity index (χ3n) is 16.8. The Bertz CT molecular complexity index is 3340. The van der Waals surface area contributed by atoms with E-state index < -0.39 is 166 Å². The highest BCUT2D eigenvalue weighted by molar-refractivity contribution is 5.87. The van der Waals surface area contributed by atoms with Crippen molar-refractivity contribution in [2.75, 3.05) is 67.1 Å². The standard InChI is InChI=1S/C36H43NO14.C36H47NO12/c1-5-28(39)50-33-32(43)27(49-35(45-4)34(33)51-29(40)6-2)19-47-31(42)16-15-30(41)46-18-26(20(3)38)37-36(44)48-17-25-23-13-9-7-11-21(23)22-12-8-10-14-24(22)25;1-5-17-44-33-32(41)29(49-35(43-4)34(33)45-18-6-2)21-47-31(40)16-15-30(39)46-20-28(22(3)38)37-36(42)48-19-27-25-13-9-7-11-23(25)24-12-8-10-14-26(24)27/h7-14,25-27,32-35,43H,5-6,15-19H2,1-4H3,(H,37,44);7-14,27-29,32-35,41H,5-6,15-21H2,1-4H3,(H,37,42)/t26-,27?,32+,33-,34?,35-;28-,29?,32+,33-,34?,35-/m00/s1. The van der Waals surface area contributed by atoms with Crippen molar-refractivity contribution in [1.29, 1.82) is 0 Å². The predicted molar refractivity (Wildman–Crippen MR) is 351 cm³/mol. The van der Waals surface area contributed by atoms with Crippen LogP contribution in [-0.2, 0) is 105 Å². The number of rotatable bonds is 34. The molecule has 8 rings (SSSR count). The molecule has 4 aromatic carbocycles. The van der Waals surface area contributed by atoms with E-state index in [1.807, 2.05) is 111 Å². The maximum atomic E-state index is 12.7. The van der Waals surface area contributed by atoms with Crippen molar-refractivity contribution in [3.63, 3.8) is 0 Å². The number of alkyl carbamates (subject to hydrolysis) is 2. The molecule has 28 nitrogen and oxygen atoms in total. The van der Waals surface area contributed by atoms with Crippen LogP contribution in [0.15, 0.2) is 97.1 Å². The largest absolute Gasteiger partial charge is 0.463 e. The molecule has 0 bridgehead atoms. The highest BCUT2D eigenvalue weighted by Gasteiger charge is 2.51. The summed E-state index contributed by atoms with van der Waals surface area (Å²) in [5.74, 6) is -5.77. The van der Waals surface area contributed by atoms with E-state index in [1.165, 1.54) is 28.1 Å². The highest BCUT2D eigenvalue weighted by Crippen LogP contribution is 2.46. The van der Waals surface area contributed by atoms with Crippen molar-refractivity contribution in [3.05, 3.63) is 119 Å². The highest BCUT2D eigenvalue weighted by atomic mass is 16.7. The van der Waals surface area contributed by atoms with E-state index in [0.717, 1.165) is 57.3 Å². The fourth-order valence-electron chi connectivity index (χ4n) is 11.5. The molecule has 2 fully saturated rings. The number of hydrogen-bond acceptors (Lipinski definition) is 26. The summed E-state index contributed by atoms with van der Waals surface area (Å²) in [5.41, 5.74) is 8.43. The lowest BCUT2D eigenvalue weighted by molar-refractivity contribution is -0.310. The monoisotopic (exact) mass is 1400 g/mol. The molecule has 4 aromatic rings. The predicted octanol–water partition coefficient (Wildman–Crippen LogP) is 6.40. The first-order valence-corrected chi connectivity index (χ1v) is 33.4. The summed E-state index contributed by atoms with van der Waals surface area (Å²) >= 11 is 0. The van der Waals surface area contributed by atoms with Gasteiger partial charge in [0.05, 0.1) is 25.7 Å². The number of amides is 2. The average molecular weight is 1400 g/mol. The smallest absolute Gasteiger partial charge is 0.407 e. The number of hydrogen-bond donors (Lipinski definition) is 4. The van der Waals surface area contributed by atoms with Gasteiger partial charge in [0, 0.05) is 52.1 Å². The third kappa shape index (κ3) is 21.6. The average Bonchev–Trinajstić information content (AvgIpc) is 1.61. The van der Waals surface area contributed by atoms with Crippen LogP contribution in [-0.4, -0.2) is 210 Å². The Balaban J connectivity index is 0.000000281. The topological polar surface area (TPSA) is 364 Å². The zero-order valence-electron chi connectivity index (χ0n) is 57.3. The number of nitrogens with one attached hydrogen (secondary N) is 2. The molecule has 2 saturated heterocycles. The van der Waals surface area contributed by atoms with Gasteiger partial charge in [-0.25, -0.2) is 9.59 Å². The van der Waals surface area contributed by atoms with E-state index in [0.29, 0.717) is 13.2 Å². The van der Waals surface area contributed by atoms with Gasteiger partial charge in [0.15, 0.2) is 36.4 Å². The quantitative estimate of drug-likeness (QED) is 0.0290. The van der Waals surface area contributed by atoms with Crippen LogP contribution < -0.4 is 10.6 Å². The lowest BCUT2D eigenvalue weighted by Crippen LogP contribution is -2.61. The maximum Gasteiger partial charge on any atom is 0.407 e. The van der Waals surface area contributed by atoms with Crippen LogP contribution in [0, 0.1) is 0 Å². The number of benzene rings is 4. The van der Waals surface area contributed by atoms with E-state index in [4.69, 9.17) is 66.3 Å². The minimum absolute atomic E-state index is 0.00540. The second kappa shape index (κ2) is 39.3. The summed E-state index contributed by atoms with van der Waals surface area (Å²) in [7, 11) is 2.70. The van der Waals surface area contributed by atoms with E-state index in [9.17, 15) is 58.2 Å². The molecule has 0 aromatic heterocycles. The lowest BCUT2D eigenvalue weighted by Gasteiger charge is -2.43. The van der Waals surface area contributed by atoms with Gasteiger partial charge in [-0.2, -0.15) is 0 Å². The molecule has 0 saturated carbocycles. The maximum absolute atomic E-state index is 12.7. The molecule has 4 aliphatic rings. The molecule has 100 heavy (non-hydrogen) atoms. The molecule has 544 valence electrons. The first kappa shape index (κ1) is 78.6. The molecule has 2 amide bonds. The van der Waals surface area contributed by atoms with Gasteiger partial charge >= 0.3 is 48.0 Å². The molecular weight excluding hydrogens is 1310 g/mol. The molecule has 2 aliphatic heterocycles. The molecule has 0 spiro atoms. The fraction of sp³-hybridized carbons (Fsp3) is 0.528. The Morgan fingerprint density at radius 2 is 0.750 bits per heavy atom. The first-order valence-electron chi connectivity index (χ1n) is 33.4. The number of methoxy groups -OCH3 is 2. The number of carbonyl (C=O) groups excluding carboxylic acids is 10. The number of esters is 6. The number of Topliss-reactive ketones (excluding diaryl/α,β-unsaturated/α-hetero) is 2. The Kier molecular flexibility index (Phi) is 30.9. The number of aliphatic hydroxyl groups is 2. The first-order chi connectivity index (χ1) is 48.1. The molecule has 0 radical (unpaired) electrons. The van der Waals surface area contributed by atoms with Crippen molar-refractivity contribution in [3.8, 4) is 22.3 Å². The molecule has 12 atom stereocenters. The SMILES string of the molecule is CCC(=O)OC1[C@@H](OC)OC(COC(=O)CCC(=O)OC[C@H](NC(=O)OCC2c3ccccc3-c3ccccc32)C(C)=O)[C@@H](O)[C@@H]1OC(=O)CC.CCCOC1[C@@H](OC)OC(COC(=O)CCC(=O)OC[C@H](NC(=O)OCC2c3ccccc3-c3ccccc32)C(C)=O)[C@@H](O)[C@@H]1OCCC. The van der Waals surface area contributed by atoms with Gasteiger partial charge in [-0.15, -0.1) is 0 Å². The molecule has 4 N–H and O–H groups in total. The van der Waals surface area contributed by atoms with Crippen molar-refractivity contribution in [2.45, 2.75) is 178 Å². The summed E-state index contributed by atoms with van der Waals surface area (Å²) in [6.45, 7) is 8.60.